The van der Waals surface area contributed by atoms with E-state index in [-0.39, 0.29) is 12.7 Å². The lowest BCUT2D eigenvalue weighted by Gasteiger charge is -2.39. The fraction of sp³-hybridized carbons (Fsp3) is 0.321. The third-order valence-electron chi connectivity index (χ3n) is 6.42. The van der Waals surface area contributed by atoms with Crippen LogP contribution < -0.4 is 9.47 Å². The minimum atomic E-state index is -0.801. The Morgan fingerprint density at radius 2 is 1.80 bits per heavy atom. The highest BCUT2D eigenvalue weighted by atomic mass is 16.6. The Hall–Kier alpha value is -3.39. The molecule has 182 valence electrons. The van der Waals surface area contributed by atoms with E-state index in [1.165, 1.54) is 0 Å². The van der Waals surface area contributed by atoms with Crippen molar-refractivity contribution in [1.29, 1.82) is 0 Å². The van der Waals surface area contributed by atoms with Gasteiger partial charge in [0, 0.05) is 19.6 Å². The molecular weight excluding hydrogens is 444 g/mol. The predicted octanol–water partition coefficient (Wildman–Crippen LogP) is 4.63. The van der Waals surface area contributed by atoms with Gasteiger partial charge in [-0.05, 0) is 61.2 Å². The van der Waals surface area contributed by atoms with Crippen LogP contribution in [-0.2, 0) is 0 Å². The molecule has 0 spiro atoms. The van der Waals surface area contributed by atoms with Crippen molar-refractivity contribution in [2.75, 3.05) is 26.2 Å². The number of fused-ring (bicyclic) bond motifs is 1. The number of aliphatic hydroxyl groups excluding tert-OH is 1. The van der Waals surface area contributed by atoms with Crippen molar-refractivity contribution in [3.63, 3.8) is 0 Å². The van der Waals surface area contributed by atoms with E-state index in [1.807, 2.05) is 42.5 Å². The van der Waals surface area contributed by atoms with Crippen LogP contribution in [-0.4, -0.2) is 58.0 Å². The van der Waals surface area contributed by atoms with Gasteiger partial charge in [-0.15, -0.1) is 0 Å². The summed E-state index contributed by atoms with van der Waals surface area (Å²) in [5.41, 5.74) is 1.58. The van der Waals surface area contributed by atoms with Gasteiger partial charge in [-0.3, -0.25) is 0 Å². The number of allylic oxidation sites excluding steroid dienone is 4. The fourth-order valence-electron chi connectivity index (χ4n) is 4.43. The molecule has 7 nitrogen and oxygen atoms in total. The van der Waals surface area contributed by atoms with Gasteiger partial charge < -0.3 is 29.0 Å². The van der Waals surface area contributed by atoms with Crippen LogP contribution in [0.2, 0.25) is 0 Å². The summed E-state index contributed by atoms with van der Waals surface area (Å²) in [5, 5.41) is 21.6. The molecule has 1 aromatic heterocycles. The topological polar surface area (TPSA) is 88.2 Å². The van der Waals surface area contributed by atoms with Crippen molar-refractivity contribution >= 4 is 11.1 Å². The quantitative estimate of drug-likeness (QED) is 0.492. The van der Waals surface area contributed by atoms with Crippen LogP contribution in [0.4, 0.5) is 0 Å². The van der Waals surface area contributed by atoms with Gasteiger partial charge in [0.25, 0.3) is 0 Å². The molecule has 1 saturated heterocycles. The van der Waals surface area contributed by atoms with E-state index in [0.717, 1.165) is 30.6 Å². The molecule has 2 aromatic carbocycles. The molecule has 0 saturated carbocycles. The molecule has 1 fully saturated rings. The summed E-state index contributed by atoms with van der Waals surface area (Å²) in [5.74, 6) is 1.22. The van der Waals surface area contributed by atoms with Crippen LogP contribution in [0.15, 0.2) is 88.9 Å². The lowest BCUT2D eigenvalue weighted by molar-refractivity contribution is -0.00671. The molecule has 2 N–H and O–H groups in total. The van der Waals surface area contributed by atoms with E-state index < -0.39 is 11.7 Å². The molecule has 5 rings (SSSR count). The number of ether oxygens (including phenoxy) is 2. The molecule has 2 heterocycles. The van der Waals surface area contributed by atoms with Gasteiger partial charge in [-0.2, -0.15) is 4.98 Å². The normalized spacial score (nSPS) is 18.7. The average Bonchev–Trinajstić information content (AvgIpc) is 3.07. The van der Waals surface area contributed by atoms with E-state index in [2.05, 4.69) is 22.0 Å². The first-order valence-electron chi connectivity index (χ1n) is 12.0. The monoisotopic (exact) mass is 474 g/mol. The highest BCUT2D eigenvalue weighted by molar-refractivity contribution is 5.72. The SMILES string of the molecule is OC(COc1ccc(Oc2nc3ccccc3o2)cc1)CN1CCC(O)(C2=CC=CCC=C2)CC1. The standard InChI is InChI=1S/C28H30N2O5/c31-22(19-30-17-15-28(32,16-18-30)21-7-3-1-2-4-8-21)20-33-23-11-13-24(14-12-23)34-27-29-25-9-5-6-10-26(25)35-27/h1,3-14,22,31-32H,2,15-20H2. The Balaban J connectivity index is 1.07. The summed E-state index contributed by atoms with van der Waals surface area (Å²) in [6.07, 6.45) is 11.9. The lowest BCUT2D eigenvalue weighted by atomic mass is 9.83. The van der Waals surface area contributed by atoms with Crippen LogP contribution in [0.25, 0.3) is 11.1 Å². The van der Waals surface area contributed by atoms with E-state index in [4.69, 9.17) is 13.9 Å². The second-order valence-corrected chi connectivity index (χ2v) is 9.01. The zero-order valence-corrected chi connectivity index (χ0v) is 19.5. The van der Waals surface area contributed by atoms with Gasteiger partial charge in [0.15, 0.2) is 5.58 Å². The summed E-state index contributed by atoms with van der Waals surface area (Å²) in [6.45, 7) is 2.14. The van der Waals surface area contributed by atoms with Crippen molar-refractivity contribution in [3.8, 4) is 17.6 Å². The van der Waals surface area contributed by atoms with Gasteiger partial charge in [-0.1, -0.05) is 42.5 Å². The van der Waals surface area contributed by atoms with E-state index in [0.29, 0.717) is 36.5 Å². The minimum absolute atomic E-state index is 0.185. The molecule has 0 radical (unpaired) electrons. The number of para-hydroxylation sites is 2. The van der Waals surface area contributed by atoms with Crippen LogP contribution in [0.3, 0.4) is 0 Å². The largest absolute Gasteiger partial charge is 0.491 e. The van der Waals surface area contributed by atoms with E-state index in [9.17, 15) is 10.2 Å². The third-order valence-corrected chi connectivity index (χ3v) is 6.42. The first-order chi connectivity index (χ1) is 17.1. The molecule has 1 unspecified atom stereocenters. The number of hydrogen-bond donors (Lipinski definition) is 2. The Morgan fingerprint density at radius 3 is 2.60 bits per heavy atom. The van der Waals surface area contributed by atoms with Crippen LogP contribution >= 0.6 is 0 Å². The van der Waals surface area contributed by atoms with Crippen molar-refractivity contribution < 1.29 is 24.1 Å². The molecule has 1 aliphatic heterocycles. The Kier molecular flexibility index (Phi) is 6.99. The summed E-state index contributed by atoms with van der Waals surface area (Å²) in [4.78, 5) is 6.48. The molecule has 2 aliphatic rings. The van der Waals surface area contributed by atoms with Crippen molar-refractivity contribution in [2.45, 2.75) is 31.0 Å². The maximum atomic E-state index is 11.1. The second kappa shape index (κ2) is 10.5. The minimum Gasteiger partial charge on any atom is -0.491 e. The summed E-state index contributed by atoms with van der Waals surface area (Å²) < 4.78 is 17.0. The van der Waals surface area contributed by atoms with Gasteiger partial charge in [0.05, 0.1) is 5.60 Å². The number of hydrogen-bond acceptors (Lipinski definition) is 7. The smallest absolute Gasteiger partial charge is 0.400 e. The first-order valence-corrected chi connectivity index (χ1v) is 12.0. The predicted molar refractivity (Wildman–Crippen MR) is 134 cm³/mol. The molecule has 1 atom stereocenters. The molecule has 35 heavy (non-hydrogen) atoms. The van der Waals surface area contributed by atoms with Crippen LogP contribution in [0, 0.1) is 0 Å². The number of rotatable bonds is 8. The second-order valence-electron chi connectivity index (χ2n) is 9.01. The highest BCUT2D eigenvalue weighted by Crippen LogP contribution is 2.32. The van der Waals surface area contributed by atoms with Crippen molar-refractivity contribution in [2.24, 2.45) is 0 Å². The van der Waals surface area contributed by atoms with Crippen LogP contribution in [0.5, 0.6) is 17.6 Å². The Morgan fingerprint density at radius 1 is 1.03 bits per heavy atom. The fourth-order valence-corrected chi connectivity index (χ4v) is 4.43. The molecule has 3 aromatic rings. The Labute approximate surface area is 204 Å². The summed E-state index contributed by atoms with van der Waals surface area (Å²) >= 11 is 0. The van der Waals surface area contributed by atoms with Gasteiger partial charge in [-0.25, -0.2) is 0 Å². The van der Waals surface area contributed by atoms with E-state index in [1.54, 1.807) is 24.3 Å². The maximum absolute atomic E-state index is 11.1. The van der Waals surface area contributed by atoms with Gasteiger partial charge >= 0.3 is 6.08 Å². The van der Waals surface area contributed by atoms with Crippen LogP contribution in [0.1, 0.15) is 19.3 Å². The highest BCUT2D eigenvalue weighted by Gasteiger charge is 2.35. The molecular formula is C28H30N2O5. The van der Waals surface area contributed by atoms with Crippen molar-refractivity contribution in [3.05, 3.63) is 84.5 Å². The number of benzene rings is 2. The number of β-amino-alcohol motifs (C(OH)–C–C–N with tert-alkyl or cyclic N) is 1. The lowest BCUT2D eigenvalue weighted by Crippen LogP contribution is -2.48. The summed E-state index contributed by atoms with van der Waals surface area (Å²) in [7, 11) is 0. The zero-order valence-electron chi connectivity index (χ0n) is 19.5. The Bertz CT molecular complexity index is 1190. The number of nitrogens with zero attached hydrogens (tertiary/aromatic N) is 2. The number of aromatic nitrogens is 1. The molecule has 0 amide bonds. The summed E-state index contributed by atoms with van der Waals surface area (Å²) in [6, 6.07) is 14.6. The molecule has 0 bridgehead atoms. The van der Waals surface area contributed by atoms with Gasteiger partial charge in [0.1, 0.15) is 29.7 Å². The van der Waals surface area contributed by atoms with Crippen molar-refractivity contribution in [1.82, 2.24) is 9.88 Å². The number of likely N-dealkylation sites (tertiary alicyclic amines) is 1. The number of piperidine rings is 1. The average molecular weight is 475 g/mol. The zero-order chi connectivity index (χ0) is 24.1. The maximum Gasteiger partial charge on any atom is 0.400 e. The third kappa shape index (κ3) is 5.82. The molecule has 7 heteroatoms. The number of aliphatic hydroxyl groups is 2. The van der Waals surface area contributed by atoms with Gasteiger partial charge in [0.2, 0.25) is 0 Å². The molecule has 1 aliphatic carbocycles. The van der Waals surface area contributed by atoms with E-state index >= 15 is 0 Å². The first kappa shape index (κ1) is 23.4. The number of oxazole rings is 1.